The van der Waals surface area contributed by atoms with Crippen molar-refractivity contribution >= 4 is 23.2 Å². The zero-order valence-corrected chi connectivity index (χ0v) is 12.7. The van der Waals surface area contributed by atoms with E-state index in [4.69, 9.17) is 10.5 Å². The first kappa shape index (κ1) is 14.5. The van der Waals surface area contributed by atoms with Gasteiger partial charge in [0.05, 0.1) is 15.9 Å². The Morgan fingerprint density at radius 2 is 2.05 bits per heavy atom. The summed E-state index contributed by atoms with van der Waals surface area (Å²) in [7, 11) is 0. The molecule has 1 aromatic rings. The third kappa shape index (κ3) is 3.63. The quantitative estimate of drug-likeness (QED) is 0.902. The molecule has 3 rings (SSSR count). The van der Waals surface area contributed by atoms with Crippen molar-refractivity contribution in [2.24, 2.45) is 11.7 Å². The Bertz CT molecular complexity index is 539. The van der Waals surface area contributed by atoms with Gasteiger partial charge in [-0.15, -0.1) is 11.3 Å². The summed E-state index contributed by atoms with van der Waals surface area (Å²) in [5.74, 6) is 0.238. The van der Waals surface area contributed by atoms with Gasteiger partial charge in [-0.25, -0.2) is 0 Å². The number of amides is 2. The second-order valence-corrected chi connectivity index (χ2v) is 6.90. The number of carbonyl (C=O) groups excluding carboxylic acids is 2. The maximum atomic E-state index is 12.5. The molecule has 1 aliphatic heterocycles. The van der Waals surface area contributed by atoms with Crippen LogP contribution in [0.2, 0.25) is 0 Å². The minimum Gasteiger partial charge on any atom is -0.376 e. The van der Waals surface area contributed by atoms with Crippen LogP contribution in [0, 0.1) is 5.92 Å². The minimum atomic E-state index is -0.483. The van der Waals surface area contributed by atoms with Gasteiger partial charge in [-0.05, 0) is 43.7 Å². The molecular formula is C15H20N2O3S. The van der Waals surface area contributed by atoms with Gasteiger partial charge >= 0.3 is 0 Å². The Morgan fingerprint density at radius 3 is 2.71 bits per heavy atom. The molecule has 0 spiro atoms. The largest absolute Gasteiger partial charge is 0.376 e. The Hall–Kier alpha value is -1.40. The van der Waals surface area contributed by atoms with Crippen LogP contribution in [0.1, 0.15) is 45.0 Å². The summed E-state index contributed by atoms with van der Waals surface area (Å²) < 4.78 is 5.90. The monoisotopic (exact) mass is 308 g/mol. The number of ether oxygens (including phenoxy) is 1. The first-order valence-corrected chi connectivity index (χ1v) is 8.25. The number of nitrogens with two attached hydrogens (primary N) is 1. The van der Waals surface area contributed by atoms with Gasteiger partial charge in [-0.1, -0.05) is 0 Å². The number of hydrogen-bond acceptors (Lipinski definition) is 4. The van der Waals surface area contributed by atoms with Crippen molar-refractivity contribution in [1.82, 2.24) is 4.90 Å². The van der Waals surface area contributed by atoms with E-state index in [0.29, 0.717) is 16.3 Å². The normalized spacial score (nSPS) is 22.3. The van der Waals surface area contributed by atoms with E-state index in [-0.39, 0.29) is 12.0 Å². The Balaban J connectivity index is 1.58. The second kappa shape index (κ2) is 6.15. The molecule has 2 fully saturated rings. The van der Waals surface area contributed by atoms with E-state index >= 15 is 0 Å². The average Bonchev–Trinajstić information content (AvgIpc) is 3.18. The first-order chi connectivity index (χ1) is 10.1. The van der Waals surface area contributed by atoms with Crippen molar-refractivity contribution in [3.63, 3.8) is 0 Å². The van der Waals surface area contributed by atoms with E-state index in [1.165, 1.54) is 24.2 Å². The second-order valence-electron chi connectivity index (χ2n) is 5.82. The van der Waals surface area contributed by atoms with Crippen LogP contribution in [-0.2, 0) is 4.74 Å². The van der Waals surface area contributed by atoms with Crippen LogP contribution in [0.5, 0.6) is 0 Å². The van der Waals surface area contributed by atoms with Crippen LogP contribution in [0.3, 0.4) is 0 Å². The van der Waals surface area contributed by atoms with Crippen LogP contribution in [0.4, 0.5) is 0 Å². The molecule has 2 aliphatic rings. The number of rotatable bonds is 5. The summed E-state index contributed by atoms with van der Waals surface area (Å²) in [6.07, 6.45) is 4.70. The van der Waals surface area contributed by atoms with Gasteiger partial charge in [0.15, 0.2) is 0 Å². The predicted octanol–water partition coefficient (Wildman–Crippen LogP) is 1.88. The maximum absolute atomic E-state index is 12.5. The van der Waals surface area contributed by atoms with Gasteiger partial charge in [0.25, 0.3) is 11.8 Å². The molecule has 5 nitrogen and oxygen atoms in total. The van der Waals surface area contributed by atoms with E-state index < -0.39 is 5.91 Å². The number of carbonyl (C=O) groups is 2. The number of piperidine rings is 1. The third-order valence-electron chi connectivity index (χ3n) is 3.99. The lowest BCUT2D eigenvalue weighted by Crippen LogP contribution is -2.43. The standard InChI is InChI=1S/C15H20N2O3S/c16-14(18)12-5-6-13(21-12)15(19)17-7-1-2-11(8-17)20-9-10-3-4-10/h5-6,10-11H,1-4,7-9H2,(H2,16,18). The van der Waals surface area contributed by atoms with Gasteiger partial charge < -0.3 is 15.4 Å². The Morgan fingerprint density at radius 1 is 1.29 bits per heavy atom. The fourth-order valence-electron chi connectivity index (χ4n) is 2.56. The van der Waals surface area contributed by atoms with E-state index in [9.17, 15) is 9.59 Å². The molecule has 1 aliphatic carbocycles. The average molecular weight is 308 g/mol. The summed E-state index contributed by atoms with van der Waals surface area (Å²) in [6.45, 7) is 2.23. The molecule has 0 aromatic carbocycles. The SMILES string of the molecule is NC(=O)c1ccc(C(=O)N2CCCC(OCC3CC3)C2)s1. The Labute approximate surface area is 128 Å². The highest BCUT2D eigenvalue weighted by molar-refractivity contribution is 7.15. The molecule has 2 heterocycles. The lowest BCUT2D eigenvalue weighted by atomic mass is 10.1. The summed E-state index contributed by atoms with van der Waals surface area (Å²) in [5, 5.41) is 0. The van der Waals surface area contributed by atoms with E-state index in [1.807, 2.05) is 4.90 Å². The molecule has 0 radical (unpaired) electrons. The van der Waals surface area contributed by atoms with Crippen molar-refractivity contribution in [1.29, 1.82) is 0 Å². The van der Waals surface area contributed by atoms with Gasteiger partial charge in [0.1, 0.15) is 0 Å². The van der Waals surface area contributed by atoms with E-state index in [0.717, 1.165) is 31.9 Å². The number of likely N-dealkylation sites (tertiary alicyclic amines) is 1. The molecular weight excluding hydrogens is 288 g/mol. The Kier molecular flexibility index (Phi) is 4.26. The first-order valence-electron chi connectivity index (χ1n) is 7.44. The zero-order valence-electron chi connectivity index (χ0n) is 11.9. The van der Waals surface area contributed by atoms with Crippen molar-refractivity contribution in [3.05, 3.63) is 21.9 Å². The van der Waals surface area contributed by atoms with E-state index in [1.54, 1.807) is 12.1 Å². The number of hydrogen-bond donors (Lipinski definition) is 1. The number of nitrogens with zero attached hydrogens (tertiary/aromatic N) is 1. The third-order valence-corrected chi connectivity index (χ3v) is 5.08. The van der Waals surface area contributed by atoms with Crippen LogP contribution in [0.25, 0.3) is 0 Å². The van der Waals surface area contributed by atoms with Gasteiger partial charge in [0, 0.05) is 19.7 Å². The summed E-state index contributed by atoms with van der Waals surface area (Å²) in [5.41, 5.74) is 5.23. The molecule has 21 heavy (non-hydrogen) atoms. The molecule has 1 atom stereocenters. The van der Waals surface area contributed by atoms with Crippen LogP contribution in [-0.4, -0.2) is 42.5 Å². The van der Waals surface area contributed by atoms with Gasteiger partial charge in [-0.2, -0.15) is 0 Å². The van der Waals surface area contributed by atoms with Gasteiger partial charge in [-0.3, -0.25) is 9.59 Å². The lowest BCUT2D eigenvalue weighted by Gasteiger charge is -2.32. The minimum absolute atomic E-state index is 0.0211. The fourth-order valence-corrected chi connectivity index (χ4v) is 3.38. The van der Waals surface area contributed by atoms with Crippen molar-refractivity contribution in [3.8, 4) is 0 Å². The lowest BCUT2D eigenvalue weighted by molar-refractivity contribution is -0.00227. The topological polar surface area (TPSA) is 72.6 Å². The fraction of sp³-hybridized carbons (Fsp3) is 0.600. The molecule has 0 bridgehead atoms. The summed E-state index contributed by atoms with van der Waals surface area (Å²) >= 11 is 1.17. The van der Waals surface area contributed by atoms with Crippen LogP contribution < -0.4 is 5.73 Å². The smallest absolute Gasteiger partial charge is 0.264 e. The zero-order chi connectivity index (χ0) is 14.8. The highest BCUT2D eigenvalue weighted by Gasteiger charge is 2.28. The van der Waals surface area contributed by atoms with Crippen LogP contribution >= 0.6 is 11.3 Å². The van der Waals surface area contributed by atoms with E-state index in [2.05, 4.69) is 0 Å². The summed E-state index contributed by atoms with van der Waals surface area (Å²) in [4.78, 5) is 26.4. The molecule has 6 heteroatoms. The van der Waals surface area contributed by atoms with Crippen molar-refractivity contribution in [2.45, 2.75) is 31.8 Å². The summed E-state index contributed by atoms with van der Waals surface area (Å²) in [6, 6.07) is 3.30. The number of primary amides is 1. The molecule has 1 saturated carbocycles. The van der Waals surface area contributed by atoms with Gasteiger partial charge in [0.2, 0.25) is 0 Å². The number of thiophene rings is 1. The molecule has 114 valence electrons. The predicted molar refractivity (Wildman–Crippen MR) is 80.4 cm³/mol. The van der Waals surface area contributed by atoms with Crippen molar-refractivity contribution in [2.75, 3.05) is 19.7 Å². The van der Waals surface area contributed by atoms with Crippen molar-refractivity contribution < 1.29 is 14.3 Å². The highest BCUT2D eigenvalue weighted by Crippen LogP contribution is 2.30. The molecule has 2 amide bonds. The maximum Gasteiger partial charge on any atom is 0.264 e. The molecule has 1 saturated heterocycles. The van der Waals surface area contributed by atoms with Crippen LogP contribution in [0.15, 0.2) is 12.1 Å². The highest BCUT2D eigenvalue weighted by atomic mass is 32.1. The molecule has 1 aromatic heterocycles. The molecule has 2 N–H and O–H groups in total. The molecule has 1 unspecified atom stereocenters.